The van der Waals surface area contributed by atoms with Crippen LogP contribution in [-0.2, 0) is 14.5 Å². The fraction of sp³-hybridized carbons (Fsp3) is 1.00. The molecule has 12 heavy (non-hydrogen) atoms. The molecular formula is C3H7F3LiNO3S. The van der Waals surface area contributed by atoms with Crippen molar-refractivity contribution in [1.29, 1.82) is 0 Å². The molecule has 0 bridgehead atoms. The number of halogens is 3. The van der Waals surface area contributed by atoms with E-state index in [4.69, 9.17) is 0 Å². The Labute approximate surface area is 79.9 Å². The second-order valence-electron chi connectivity index (χ2n) is 1.56. The first-order valence-electron chi connectivity index (χ1n) is 2.39. The maximum absolute atomic E-state index is 11.3. The first-order chi connectivity index (χ1) is 4.77. The van der Waals surface area contributed by atoms with Gasteiger partial charge in [-0.25, -0.2) is 0 Å². The van der Waals surface area contributed by atoms with E-state index in [1.54, 1.807) is 0 Å². The molecule has 0 heterocycles. The topological polar surface area (TPSA) is 55.4 Å². The summed E-state index contributed by atoms with van der Waals surface area (Å²) in [5.41, 5.74) is 0. The molecule has 0 atom stereocenters. The molecule has 4 nitrogen and oxygen atoms in total. The summed E-state index contributed by atoms with van der Waals surface area (Å²) in [6.45, 7) is -1.62. The van der Waals surface area contributed by atoms with Crippen LogP contribution in [0.15, 0.2) is 0 Å². The molecule has 0 saturated carbocycles. The Kier molecular flexibility index (Phi) is 6.26. The van der Waals surface area contributed by atoms with Crippen LogP contribution in [0.4, 0.5) is 13.2 Å². The van der Waals surface area contributed by atoms with Crippen molar-refractivity contribution < 1.29 is 25.8 Å². The number of nitrogens with one attached hydrogen (secondary N) is 1. The van der Waals surface area contributed by atoms with E-state index in [2.05, 4.69) is 4.18 Å². The van der Waals surface area contributed by atoms with E-state index < -0.39 is 23.0 Å². The van der Waals surface area contributed by atoms with Gasteiger partial charge in [-0.2, -0.15) is 26.3 Å². The Balaban J connectivity index is 0. The third-order valence-electron chi connectivity index (χ3n) is 0.669. The Morgan fingerprint density at radius 1 is 1.42 bits per heavy atom. The molecule has 0 saturated heterocycles. The molecule has 0 fully saturated rings. The normalized spacial score (nSPS) is 12.3. The van der Waals surface area contributed by atoms with Gasteiger partial charge in [-0.3, -0.25) is 4.18 Å². The zero-order valence-corrected chi connectivity index (χ0v) is 6.29. The van der Waals surface area contributed by atoms with Crippen LogP contribution >= 0.6 is 0 Å². The summed E-state index contributed by atoms with van der Waals surface area (Å²) in [7, 11) is -3.46. The zero-order chi connectivity index (χ0) is 9.12. The van der Waals surface area contributed by atoms with Gasteiger partial charge in [0.1, 0.15) is 6.54 Å². The van der Waals surface area contributed by atoms with Crippen molar-refractivity contribution >= 4 is 29.2 Å². The molecule has 0 aromatic carbocycles. The maximum atomic E-state index is 11.3. The summed E-state index contributed by atoms with van der Waals surface area (Å²) in [4.78, 5) is 0. The van der Waals surface area contributed by atoms with Gasteiger partial charge in [0.05, 0.1) is 7.11 Å². The SMILES string of the molecule is COS(=O)(=O)NCC(F)(F)F.[LiH]. The third kappa shape index (κ3) is 8.35. The van der Waals surface area contributed by atoms with Gasteiger partial charge in [0.2, 0.25) is 0 Å². The molecule has 0 radical (unpaired) electrons. The Hall–Kier alpha value is 0.257. The van der Waals surface area contributed by atoms with Crippen LogP contribution in [0.25, 0.3) is 0 Å². The molecule has 0 aliphatic rings. The molecule has 0 aliphatic carbocycles. The quantitative estimate of drug-likeness (QED) is 0.619. The Morgan fingerprint density at radius 3 is 2.08 bits per heavy atom. The van der Waals surface area contributed by atoms with Gasteiger partial charge in [-0.1, -0.05) is 0 Å². The van der Waals surface area contributed by atoms with Crippen LogP contribution in [0.3, 0.4) is 0 Å². The summed E-state index contributed by atoms with van der Waals surface area (Å²) in [6.07, 6.45) is -4.56. The van der Waals surface area contributed by atoms with Crippen LogP contribution in [0.2, 0.25) is 0 Å². The van der Waals surface area contributed by atoms with Crippen LogP contribution < -0.4 is 4.72 Å². The van der Waals surface area contributed by atoms with Gasteiger partial charge < -0.3 is 0 Å². The Bertz CT molecular complexity index is 213. The molecule has 70 valence electrons. The number of rotatable bonds is 3. The predicted octanol–water partition coefficient (Wildman–Crippen LogP) is -0.619. The number of hydrogen-bond donors (Lipinski definition) is 1. The van der Waals surface area contributed by atoms with Crippen LogP contribution in [0.5, 0.6) is 0 Å². The standard InChI is InChI=1S/C3H6F3NO3S.Li.H/c1-10-11(8,9)7-2-3(4,5)6;;/h7H,2H2,1H3;;. The van der Waals surface area contributed by atoms with E-state index in [1.807, 2.05) is 0 Å². The van der Waals surface area contributed by atoms with Crippen molar-refractivity contribution in [2.24, 2.45) is 0 Å². The van der Waals surface area contributed by atoms with E-state index in [0.29, 0.717) is 0 Å². The van der Waals surface area contributed by atoms with Crippen molar-refractivity contribution in [3.8, 4) is 0 Å². The van der Waals surface area contributed by atoms with E-state index in [1.165, 1.54) is 4.72 Å². The minimum absolute atomic E-state index is 0. The van der Waals surface area contributed by atoms with Crippen molar-refractivity contribution in [2.45, 2.75) is 6.18 Å². The van der Waals surface area contributed by atoms with Gasteiger partial charge in [-0.15, -0.1) is 0 Å². The van der Waals surface area contributed by atoms with Crippen LogP contribution in [-0.4, -0.2) is 47.1 Å². The second kappa shape index (κ2) is 5.09. The zero-order valence-electron chi connectivity index (χ0n) is 5.47. The van der Waals surface area contributed by atoms with Gasteiger partial charge >= 0.3 is 35.3 Å². The van der Waals surface area contributed by atoms with E-state index in [-0.39, 0.29) is 18.9 Å². The first kappa shape index (κ1) is 14.8. The molecule has 1 N–H and O–H groups in total. The van der Waals surface area contributed by atoms with E-state index >= 15 is 0 Å². The van der Waals surface area contributed by atoms with Crippen molar-refractivity contribution in [3.05, 3.63) is 0 Å². The molecule has 0 amide bonds. The van der Waals surface area contributed by atoms with Crippen LogP contribution in [0, 0.1) is 0 Å². The Morgan fingerprint density at radius 2 is 1.83 bits per heavy atom. The molecule has 0 rings (SSSR count). The number of hydrogen-bond acceptors (Lipinski definition) is 3. The molecule has 0 aromatic heterocycles. The van der Waals surface area contributed by atoms with Gasteiger partial charge in [0.25, 0.3) is 0 Å². The van der Waals surface area contributed by atoms with Gasteiger partial charge in [0.15, 0.2) is 0 Å². The van der Waals surface area contributed by atoms with E-state index in [0.717, 1.165) is 7.11 Å². The second-order valence-corrected chi connectivity index (χ2v) is 3.09. The van der Waals surface area contributed by atoms with E-state index in [9.17, 15) is 21.6 Å². The summed E-state index contributed by atoms with van der Waals surface area (Å²) in [5.74, 6) is 0. The molecule has 9 heteroatoms. The third-order valence-corrected chi connectivity index (χ3v) is 1.61. The summed E-state index contributed by atoms with van der Waals surface area (Å²) in [5, 5.41) is 0. The monoisotopic (exact) mass is 201 g/mol. The van der Waals surface area contributed by atoms with Gasteiger partial charge in [-0.05, 0) is 0 Å². The average Bonchev–Trinajstić information content (AvgIpc) is 1.83. The number of alkyl halides is 3. The molecule has 0 unspecified atom stereocenters. The van der Waals surface area contributed by atoms with Crippen molar-refractivity contribution in [3.63, 3.8) is 0 Å². The predicted molar refractivity (Wildman–Crippen MR) is 37.1 cm³/mol. The molecular weight excluding hydrogens is 194 g/mol. The van der Waals surface area contributed by atoms with Crippen molar-refractivity contribution in [1.82, 2.24) is 4.72 Å². The van der Waals surface area contributed by atoms with Gasteiger partial charge in [0, 0.05) is 0 Å². The summed E-state index contributed by atoms with van der Waals surface area (Å²) < 4.78 is 59.3. The molecule has 0 spiro atoms. The fourth-order valence-electron chi connectivity index (χ4n) is 0.229. The molecule has 0 aliphatic heterocycles. The summed E-state index contributed by atoms with van der Waals surface area (Å²) in [6, 6.07) is 0. The first-order valence-corrected chi connectivity index (χ1v) is 3.79. The van der Waals surface area contributed by atoms with Crippen molar-refractivity contribution in [2.75, 3.05) is 13.7 Å². The fourth-order valence-corrected chi connectivity index (χ4v) is 0.687. The average molecular weight is 201 g/mol. The summed E-state index contributed by atoms with van der Waals surface area (Å²) >= 11 is 0. The molecule has 0 aromatic rings. The minimum atomic E-state index is -4.56. The van der Waals surface area contributed by atoms with Crippen LogP contribution in [0.1, 0.15) is 0 Å².